The lowest BCUT2D eigenvalue weighted by atomic mass is 9.72. The second-order valence-corrected chi connectivity index (χ2v) is 8.18. The van der Waals surface area contributed by atoms with Crippen LogP contribution in [0.3, 0.4) is 0 Å². The largest absolute Gasteiger partial charge is 0.342 e. The zero-order valence-corrected chi connectivity index (χ0v) is 16.3. The molecule has 2 aromatic rings. The lowest BCUT2D eigenvalue weighted by Crippen LogP contribution is -2.51. The van der Waals surface area contributed by atoms with E-state index in [0.29, 0.717) is 11.3 Å². The van der Waals surface area contributed by atoms with E-state index < -0.39 is 0 Å². The second kappa shape index (κ2) is 7.85. The first-order valence-electron chi connectivity index (χ1n) is 10.2. The van der Waals surface area contributed by atoms with Crippen LogP contribution in [0.1, 0.15) is 43.9 Å². The van der Waals surface area contributed by atoms with Crippen LogP contribution in [0.25, 0.3) is 0 Å². The molecule has 0 bridgehead atoms. The fourth-order valence-corrected chi connectivity index (χ4v) is 4.62. The Hall–Kier alpha value is -2.14. The van der Waals surface area contributed by atoms with Gasteiger partial charge in [-0.05, 0) is 50.3 Å². The molecule has 5 nitrogen and oxygen atoms in total. The van der Waals surface area contributed by atoms with Crippen LogP contribution in [0, 0.1) is 5.41 Å². The monoisotopic (exact) mass is 366 g/mol. The van der Waals surface area contributed by atoms with Gasteiger partial charge in [-0.3, -0.25) is 9.69 Å². The van der Waals surface area contributed by atoms with Crippen LogP contribution in [0.4, 0.5) is 0 Å². The molecule has 0 unspecified atom stereocenters. The van der Waals surface area contributed by atoms with Crippen molar-refractivity contribution in [2.45, 2.75) is 45.7 Å². The van der Waals surface area contributed by atoms with E-state index >= 15 is 0 Å². The maximum absolute atomic E-state index is 12.0. The fourth-order valence-electron chi connectivity index (χ4n) is 4.62. The molecule has 0 N–H and O–H groups in total. The number of aromatic nitrogens is 2. The van der Waals surface area contributed by atoms with Gasteiger partial charge >= 0.3 is 0 Å². The molecule has 0 aliphatic carbocycles. The lowest BCUT2D eigenvalue weighted by Gasteiger charge is -2.47. The fraction of sp³-hybridized carbons (Fsp3) is 0.545. The number of imidazole rings is 1. The molecular formula is C22H30N4O. The van der Waals surface area contributed by atoms with E-state index in [-0.39, 0.29) is 0 Å². The standard InChI is InChI=1S/C22H30N4O/c1-2-25-17-22(9-8-21(25)27)10-12-24(13-11-22)16-20-14-23-18-26(20)15-19-6-4-3-5-7-19/h3-7,14,18H,2,8-13,15-17H2,1H3. The van der Waals surface area contributed by atoms with Crippen LogP contribution >= 0.6 is 0 Å². The molecule has 0 radical (unpaired) electrons. The highest BCUT2D eigenvalue weighted by Crippen LogP contribution is 2.40. The molecule has 3 heterocycles. The van der Waals surface area contributed by atoms with E-state index in [0.717, 1.165) is 52.1 Å². The number of carbonyl (C=O) groups is 1. The Kier molecular flexibility index (Phi) is 5.30. The molecule has 1 amide bonds. The predicted octanol–water partition coefficient (Wildman–Crippen LogP) is 3.16. The van der Waals surface area contributed by atoms with Gasteiger partial charge in [-0.2, -0.15) is 0 Å². The van der Waals surface area contributed by atoms with E-state index in [1.54, 1.807) is 0 Å². The van der Waals surface area contributed by atoms with Gasteiger partial charge in [0.05, 0.1) is 12.0 Å². The average Bonchev–Trinajstić information content (AvgIpc) is 3.13. The molecule has 27 heavy (non-hydrogen) atoms. The van der Waals surface area contributed by atoms with Crippen LogP contribution in [0.2, 0.25) is 0 Å². The quantitative estimate of drug-likeness (QED) is 0.816. The molecule has 144 valence electrons. The predicted molar refractivity (Wildman–Crippen MR) is 106 cm³/mol. The third-order valence-corrected chi connectivity index (χ3v) is 6.43. The molecule has 2 aliphatic rings. The van der Waals surface area contributed by atoms with Crippen LogP contribution in [0.15, 0.2) is 42.9 Å². The van der Waals surface area contributed by atoms with Crippen molar-refractivity contribution in [1.82, 2.24) is 19.4 Å². The number of nitrogens with zero attached hydrogens (tertiary/aromatic N) is 4. The Morgan fingerprint density at radius 1 is 1.07 bits per heavy atom. The first-order chi connectivity index (χ1) is 13.2. The third kappa shape index (κ3) is 4.08. The Labute approximate surface area is 162 Å². The molecule has 1 spiro atoms. The van der Waals surface area contributed by atoms with Crippen LogP contribution in [0.5, 0.6) is 0 Å². The highest BCUT2D eigenvalue weighted by Gasteiger charge is 2.40. The number of carbonyl (C=O) groups excluding carboxylic acids is 1. The summed E-state index contributed by atoms with van der Waals surface area (Å²) in [5.74, 6) is 0.343. The van der Waals surface area contributed by atoms with E-state index in [1.807, 2.05) is 12.5 Å². The molecule has 2 aliphatic heterocycles. The van der Waals surface area contributed by atoms with E-state index in [1.165, 1.54) is 24.1 Å². The number of piperidine rings is 2. The van der Waals surface area contributed by atoms with Gasteiger partial charge in [0.25, 0.3) is 0 Å². The minimum atomic E-state index is 0.343. The van der Waals surface area contributed by atoms with E-state index in [9.17, 15) is 4.79 Å². The van der Waals surface area contributed by atoms with Crippen molar-refractivity contribution in [3.63, 3.8) is 0 Å². The Morgan fingerprint density at radius 3 is 2.59 bits per heavy atom. The Balaban J connectivity index is 1.35. The van der Waals surface area contributed by atoms with Crippen LogP contribution in [-0.4, -0.2) is 51.4 Å². The molecule has 5 heteroatoms. The molecule has 1 aromatic heterocycles. The van der Waals surface area contributed by atoms with Crippen molar-refractivity contribution in [3.8, 4) is 0 Å². The number of benzene rings is 1. The van der Waals surface area contributed by atoms with Crippen molar-refractivity contribution >= 4 is 5.91 Å². The van der Waals surface area contributed by atoms with Gasteiger partial charge in [-0.15, -0.1) is 0 Å². The third-order valence-electron chi connectivity index (χ3n) is 6.43. The zero-order chi connectivity index (χ0) is 18.7. The number of amides is 1. The van der Waals surface area contributed by atoms with Gasteiger partial charge in [0.1, 0.15) is 0 Å². The topological polar surface area (TPSA) is 41.4 Å². The summed E-state index contributed by atoms with van der Waals surface area (Å²) in [6.45, 7) is 7.97. The van der Waals surface area contributed by atoms with E-state index in [2.05, 4.69) is 56.6 Å². The summed E-state index contributed by atoms with van der Waals surface area (Å²) in [5.41, 5.74) is 2.94. The molecule has 2 fully saturated rings. The Morgan fingerprint density at radius 2 is 1.85 bits per heavy atom. The van der Waals surface area contributed by atoms with Gasteiger partial charge in [-0.25, -0.2) is 4.98 Å². The van der Waals surface area contributed by atoms with Gasteiger partial charge in [-0.1, -0.05) is 30.3 Å². The minimum Gasteiger partial charge on any atom is -0.342 e. The first kappa shape index (κ1) is 18.2. The van der Waals surface area contributed by atoms with Crippen molar-refractivity contribution in [1.29, 1.82) is 0 Å². The molecule has 4 rings (SSSR count). The number of likely N-dealkylation sites (tertiary alicyclic amines) is 2. The number of hydrogen-bond donors (Lipinski definition) is 0. The smallest absolute Gasteiger partial charge is 0.222 e. The maximum Gasteiger partial charge on any atom is 0.222 e. The summed E-state index contributed by atoms with van der Waals surface area (Å²) in [6, 6.07) is 10.6. The summed E-state index contributed by atoms with van der Waals surface area (Å²) in [4.78, 5) is 21.0. The van der Waals surface area contributed by atoms with Crippen LogP contribution in [-0.2, 0) is 17.9 Å². The number of rotatable bonds is 5. The van der Waals surface area contributed by atoms with Crippen LogP contribution < -0.4 is 0 Å². The SMILES string of the molecule is CCN1CC2(CCC1=O)CCN(Cc1cncn1Cc1ccccc1)CC2. The van der Waals surface area contributed by atoms with Gasteiger partial charge in [0.2, 0.25) is 5.91 Å². The number of hydrogen-bond acceptors (Lipinski definition) is 3. The summed E-state index contributed by atoms with van der Waals surface area (Å²) in [7, 11) is 0. The summed E-state index contributed by atoms with van der Waals surface area (Å²) >= 11 is 0. The van der Waals surface area contributed by atoms with Crippen molar-refractivity contribution in [3.05, 3.63) is 54.1 Å². The van der Waals surface area contributed by atoms with Crippen molar-refractivity contribution in [2.24, 2.45) is 5.41 Å². The molecule has 0 atom stereocenters. The van der Waals surface area contributed by atoms with Crippen molar-refractivity contribution in [2.75, 3.05) is 26.2 Å². The zero-order valence-electron chi connectivity index (χ0n) is 16.3. The highest BCUT2D eigenvalue weighted by molar-refractivity contribution is 5.77. The van der Waals surface area contributed by atoms with Gasteiger partial charge in [0.15, 0.2) is 0 Å². The lowest BCUT2D eigenvalue weighted by molar-refractivity contribution is -0.138. The summed E-state index contributed by atoms with van der Waals surface area (Å²) < 4.78 is 2.26. The summed E-state index contributed by atoms with van der Waals surface area (Å²) in [5, 5.41) is 0. The average molecular weight is 367 g/mol. The first-order valence-corrected chi connectivity index (χ1v) is 10.2. The van der Waals surface area contributed by atoms with E-state index in [4.69, 9.17) is 0 Å². The molecule has 1 aromatic carbocycles. The molecular weight excluding hydrogens is 336 g/mol. The Bertz CT molecular complexity index is 762. The maximum atomic E-state index is 12.0. The summed E-state index contributed by atoms with van der Waals surface area (Å²) in [6.07, 6.45) is 8.15. The normalized spacial score (nSPS) is 20.3. The molecule has 2 saturated heterocycles. The second-order valence-electron chi connectivity index (χ2n) is 8.18. The van der Waals surface area contributed by atoms with Gasteiger partial charge < -0.3 is 9.47 Å². The van der Waals surface area contributed by atoms with Gasteiger partial charge in [0, 0.05) is 38.8 Å². The van der Waals surface area contributed by atoms with Crippen molar-refractivity contribution < 1.29 is 4.79 Å². The highest BCUT2D eigenvalue weighted by atomic mass is 16.2. The molecule has 0 saturated carbocycles. The minimum absolute atomic E-state index is 0.343.